The van der Waals surface area contributed by atoms with Gasteiger partial charge in [0.1, 0.15) is 0 Å². The predicted molar refractivity (Wildman–Crippen MR) is 63.9 cm³/mol. The zero-order chi connectivity index (χ0) is 11.4. The van der Waals surface area contributed by atoms with Crippen LogP contribution in [0.4, 0.5) is 0 Å². The molecular weight excluding hydrogens is 190 g/mol. The summed E-state index contributed by atoms with van der Waals surface area (Å²) < 4.78 is 0. The Morgan fingerprint density at radius 2 is 2.07 bits per heavy atom. The molecule has 0 heterocycles. The molecule has 0 aliphatic rings. The van der Waals surface area contributed by atoms with Crippen LogP contribution in [0.2, 0.25) is 0 Å². The van der Waals surface area contributed by atoms with Gasteiger partial charge in [-0.15, -0.1) is 6.58 Å². The van der Waals surface area contributed by atoms with Crippen LogP contribution in [0, 0.1) is 0 Å². The Balaban J connectivity index is 3.12. The summed E-state index contributed by atoms with van der Waals surface area (Å²) in [5.41, 5.74) is 0. The van der Waals surface area contributed by atoms with E-state index in [0.717, 1.165) is 39.0 Å². The minimum atomic E-state index is 0.698. The number of carbonyl (C=O) groups excluding carboxylic acids is 1. The predicted octanol–water partition coefficient (Wildman–Crippen LogP) is 0.220. The smallest absolute Gasteiger partial charge is 0.207 e. The van der Waals surface area contributed by atoms with E-state index in [0.29, 0.717) is 6.54 Å². The van der Waals surface area contributed by atoms with Gasteiger partial charge >= 0.3 is 0 Å². The summed E-state index contributed by atoms with van der Waals surface area (Å²) in [6.45, 7) is 8.34. The van der Waals surface area contributed by atoms with E-state index in [1.54, 1.807) is 0 Å². The van der Waals surface area contributed by atoms with Crippen molar-refractivity contribution in [2.24, 2.45) is 0 Å². The first-order chi connectivity index (χ1) is 7.31. The lowest BCUT2D eigenvalue weighted by molar-refractivity contribution is -0.109. The Bertz CT molecular complexity index is 162. The van der Waals surface area contributed by atoms with Crippen molar-refractivity contribution in [1.29, 1.82) is 0 Å². The van der Waals surface area contributed by atoms with E-state index >= 15 is 0 Å². The zero-order valence-corrected chi connectivity index (χ0v) is 9.67. The molecule has 0 saturated carbocycles. The highest BCUT2D eigenvalue weighted by Crippen LogP contribution is 1.91. The van der Waals surface area contributed by atoms with E-state index in [4.69, 9.17) is 0 Å². The summed E-state index contributed by atoms with van der Waals surface area (Å²) >= 11 is 0. The van der Waals surface area contributed by atoms with Crippen molar-refractivity contribution in [3.63, 3.8) is 0 Å². The lowest BCUT2D eigenvalue weighted by atomic mass is 10.3. The Labute approximate surface area is 92.7 Å². The van der Waals surface area contributed by atoms with Gasteiger partial charge < -0.3 is 15.5 Å². The normalized spacial score (nSPS) is 10.3. The molecule has 0 saturated heterocycles. The number of amides is 1. The molecule has 0 aromatic carbocycles. The first-order valence-electron chi connectivity index (χ1n) is 5.48. The minimum absolute atomic E-state index is 0.698. The highest BCUT2D eigenvalue weighted by Gasteiger charge is 1.96. The number of rotatable bonds is 11. The molecule has 0 aliphatic carbocycles. The summed E-state index contributed by atoms with van der Waals surface area (Å²) in [6, 6.07) is 0. The molecule has 0 bridgehead atoms. The van der Waals surface area contributed by atoms with Gasteiger partial charge in [0.2, 0.25) is 6.41 Å². The van der Waals surface area contributed by atoms with Gasteiger partial charge in [-0.2, -0.15) is 0 Å². The van der Waals surface area contributed by atoms with Crippen molar-refractivity contribution < 1.29 is 4.79 Å². The summed E-state index contributed by atoms with van der Waals surface area (Å²) in [5, 5.41) is 5.87. The maximum atomic E-state index is 9.94. The van der Waals surface area contributed by atoms with E-state index in [1.165, 1.54) is 6.42 Å². The van der Waals surface area contributed by atoms with Crippen LogP contribution >= 0.6 is 0 Å². The van der Waals surface area contributed by atoms with Crippen molar-refractivity contribution in [2.45, 2.75) is 12.8 Å². The molecule has 0 aliphatic heterocycles. The maximum Gasteiger partial charge on any atom is 0.207 e. The van der Waals surface area contributed by atoms with Crippen molar-refractivity contribution in [3.05, 3.63) is 12.7 Å². The number of nitrogens with one attached hydrogen (secondary N) is 2. The van der Waals surface area contributed by atoms with E-state index < -0.39 is 0 Å². The number of allylic oxidation sites excluding steroid dienone is 1. The van der Waals surface area contributed by atoms with Gasteiger partial charge in [-0.25, -0.2) is 0 Å². The quantitative estimate of drug-likeness (QED) is 0.293. The van der Waals surface area contributed by atoms with Crippen LogP contribution in [0.15, 0.2) is 12.7 Å². The molecule has 4 heteroatoms. The monoisotopic (exact) mass is 213 g/mol. The Kier molecular flexibility index (Phi) is 10.6. The van der Waals surface area contributed by atoms with E-state index in [2.05, 4.69) is 29.2 Å². The second kappa shape index (κ2) is 11.2. The lowest BCUT2D eigenvalue weighted by Crippen LogP contribution is -2.33. The minimum Gasteiger partial charge on any atom is -0.357 e. The largest absolute Gasteiger partial charge is 0.357 e. The van der Waals surface area contributed by atoms with Crippen molar-refractivity contribution in [1.82, 2.24) is 15.5 Å². The molecule has 0 atom stereocenters. The Morgan fingerprint density at radius 3 is 2.73 bits per heavy atom. The second-order valence-corrected chi connectivity index (χ2v) is 3.56. The van der Waals surface area contributed by atoms with E-state index in [-0.39, 0.29) is 0 Å². The molecule has 0 aromatic rings. The first-order valence-corrected chi connectivity index (χ1v) is 5.48. The van der Waals surface area contributed by atoms with Crippen LogP contribution in [0.1, 0.15) is 12.8 Å². The summed E-state index contributed by atoms with van der Waals surface area (Å²) in [4.78, 5) is 12.2. The van der Waals surface area contributed by atoms with Gasteiger partial charge in [0.15, 0.2) is 0 Å². The Morgan fingerprint density at radius 1 is 1.27 bits per heavy atom. The van der Waals surface area contributed by atoms with E-state index in [9.17, 15) is 4.79 Å². The van der Waals surface area contributed by atoms with E-state index in [1.807, 2.05) is 6.08 Å². The third kappa shape index (κ3) is 11.1. The number of hydrogen-bond donors (Lipinski definition) is 2. The summed E-state index contributed by atoms with van der Waals surface area (Å²) in [7, 11) is 2.12. The third-order valence-corrected chi connectivity index (χ3v) is 2.15. The molecule has 15 heavy (non-hydrogen) atoms. The molecule has 0 spiro atoms. The van der Waals surface area contributed by atoms with Crippen molar-refractivity contribution in [3.8, 4) is 0 Å². The fourth-order valence-corrected chi connectivity index (χ4v) is 1.23. The number of hydrogen-bond acceptors (Lipinski definition) is 3. The molecule has 0 radical (unpaired) electrons. The maximum absolute atomic E-state index is 9.94. The fourth-order valence-electron chi connectivity index (χ4n) is 1.23. The molecule has 0 unspecified atom stereocenters. The molecule has 2 N–H and O–H groups in total. The highest BCUT2D eigenvalue weighted by atomic mass is 16.1. The Hall–Kier alpha value is -0.870. The topological polar surface area (TPSA) is 44.4 Å². The fraction of sp³-hybridized carbons (Fsp3) is 0.727. The van der Waals surface area contributed by atoms with Gasteiger partial charge in [0.25, 0.3) is 0 Å². The number of likely N-dealkylation sites (N-methyl/N-ethyl adjacent to an activating group) is 1. The highest BCUT2D eigenvalue weighted by molar-refractivity contribution is 5.45. The van der Waals surface area contributed by atoms with Crippen molar-refractivity contribution >= 4 is 6.41 Å². The average Bonchev–Trinajstić information content (AvgIpc) is 2.23. The second-order valence-electron chi connectivity index (χ2n) is 3.56. The van der Waals surface area contributed by atoms with Crippen LogP contribution in [0.3, 0.4) is 0 Å². The summed E-state index contributed by atoms with van der Waals surface area (Å²) in [6.07, 6.45) is 4.94. The van der Waals surface area contributed by atoms with Crippen LogP contribution in [-0.2, 0) is 4.79 Å². The van der Waals surface area contributed by atoms with Crippen LogP contribution < -0.4 is 10.6 Å². The molecule has 0 rings (SSSR count). The third-order valence-electron chi connectivity index (χ3n) is 2.15. The standard InChI is InChI=1S/C11H23N3O/c1-3-4-5-9-14(2)10-8-12-6-7-13-11-15/h3,11-12H,1,4-10H2,2H3,(H,13,15). The first kappa shape index (κ1) is 14.1. The van der Waals surface area contributed by atoms with Crippen LogP contribution in [0.5, 0.6) is 0 Å². The van der Waals surface area contributed by atoms with Gasteiger partial charge in [-0.1, -0.05) is 6.08 Å². The summed E-state index contributed by atoms with van der Waals surface area (Å²) in [5.74, 6) is 0. The van der Waals surface area contributed by atoms with Gasteiger partial charge in [0, 0.05) is 26.2 Å². The molecule has 0 aromatic heterocycles. The van der Waals surface area contributed by atoms with Gasteiger partial charge in [0.05, 0.1) is 0 Å². The SMILES string of the molecule is C=CCCCN(C)CCNCCNC=O. The lowest BCUT2D eigenvalue weighted by Gasteiger charge is -2.16. The average molecular weight is 213 g/mol. The van der Waals surface area contributed by atoms with Crippen LogP contribution in [0.25, 0.3) is 0 Å². The van der Waals surface area contributed by atoms with Crippen molar-refractivity contribution in [2.75, 3.05) is 39.8 Å². The number of nitrogens with zero attached hydrogens (tertiary/aromatic N) is 1. The van der Waals surface area contributed by atoms with Crippen LogP contribution in [-0.4, -0.2) is 51.1 Å². The molecule has 1 amide bonds. The molecule has 88 valence electrons. The molecular formula is C11H23N3O. The number of carbonyl (C=O) groups is 1. The van der Waals surface area contributed by atoms with Gasteiger partial charge in [-0.05, 0) is 26.4 Å². The number of unbranched alkanes of at least 4 members (excludes halogenated alkanes) is 1. The molecule has 0 fully saturated rings. The zero-order valence-electron chi connectivity index (χ0n) is 9.67. The van der Waals surface area contributed by atoms with Gasteiger partial charge in [-0.3, -0.25) is 4.79 Å². The molecule has 4 nitrogen and oxygen atoms in total.